The highest BCUT2D eigenvalue weighted by molar-refractivity contribution is 8.19. The van der Waals surface area contributed by atoms with Gasteiger partial charge < -0.3 is 9.47 Å². The van der Waals surface area contributed by atoms with Gasteiger partial charge in [0.2, 0.25) is 0 Å². The van der Waals surface area contributed by atoms with Crippen molar-refractivity contribution in [3.8, 4) is 11.5 Å². The van der Waals surface area contributed by atoms with Gasteiger partial charge >= 0.3 is 0 Å². The Hall–Kier alpha value is -3.51. The molecule has 5 nitrogen and oxygen atoms in total. The molecule has 2 aliphatic heterocycles. The van der Waals surface area contributed by atoms with Gasteiger partial charge in [-0.05, 0) is 66.7 Å². The van der Waals surface area contributed by atoms with E-state index in [0.717, 1.165) is 22.7 Å². The van der Waals surface area contributed by atoms with E-state index in [2.05, 4.69) is 0 Å². The number of nitrogens with zero attached hydrogens (tertiary/aromatic N) is 2. The normalized spacial score (nSPS) is 18.1. The first-order valence-corrected chi connectivity index (χ1v) is 10.8. The van der Waals surface area contributed by atoms with E-state index < -0.39 is 0 Å². The maximum Gasteiger partial charge on any atom is 0.271 e. The summed E-state index contributed by atoms with van der Waals surface area (Å²) in [6, 6.07) is 23.2. The molecule has 0 aliphatic carbocycles. The van der Waals surface area contributed by atoms with Gasteiger partial charge in [0.25, 0.3) is 5.91 Å². The molecule has 2 aliphatic rings. The molecule has 0 N–H and O–H groups in total. The fourth-order valence-electron chi connectivity index (χ4n) is 3.38. The van der Waals surface area contributed by atoms with E-state index in [1.165, 1.54) is 17.3 Å². The first-order chi connectivity index (χ1) is 15.2. The fraction of sp³-hybridized carbons (Fsp3) is 0.120. The summed E-state index contributed by atoms with van der Waals surface area (Å²) in [5, 5.41) is 0.629. The average Bonchev–Trinajstić information content (AvgIpc) is 3.10. The SMILES string of the molecule is Cc1ccc(/N=C2\S/C(=C\c3ccc4c(c3)OCCO4)C(=O)N2c2ccccc2)cc1. The van der Waals surface area contributed by atoms with Crippen LogP contribution < -0.4 is 14.4 Å². The molecule has 0 radical (unpaired) electrons. The van der Waals surface area contributed by atoms with Crippen molar-refractivity contribution in [1.82, 2.24) is 0 Å². The smallest absolute Gasteiger partial charge is 0.271 e. The van der Waals surface area contributed by atoms with Gasteiger partial charge in [-0.2, -0.15) is 0 Å². The average molecular weight is 429 g/mol. The summed E-state index contributed by atoms with van der Waals surface area (Å²) in [5.74, 6) is 1.33. The highest BCUT2D eigenvalue weighted by Gasteiger charge is 2.34. The number of carbonyl (C=O) groups is 1. The minimum Gasteiger partial charge on any atom is -0.486 e. The van der Waals surface area contributed by atoms with Crippen molar-refractivity contribution < 1.29 is 14.3 Å². The van der Waals surface area contributed by atoms with Crippen molar-refractivity contribution in [2.24, 2.45) is 4.99 Å². The molecular weight excluding hydrogens is 408 g/mol. The van der Waals surface area contributed by atoms with Crippen molar-refractivity contribution in [2.45, 2.75) is 6.92 Å². The number of para-hydroxylation sites is 1. The van der Waals surface area contributed by atoms with Crippen LogP contribution in [-0.2, 0) is 4.79 Å². The molecule has 2 heterocycles. The van der Waals surface area contributed by atoms with E-state index in [-0.39, 0.29) is 5.91 Å². The predicted molar refractivity (Wildman–Crippen MR) is 125 cm³/mol. The van der Waals surface area contributed by atoms with Crippen LogP contribution in [0.1, 0.15) is 11.1 Å². The summed E-state index contributed by atoms with van der Waals surface area (Å²) in [6.07, 6.45) is 1.87. The zero-order chi connectivity index (χ0) is 21.2. The van der Waals surface area contributed by atoms with E-state index in [0.29, 0.717) is 29.0 Å². The lowest BCUT2D eigenvalue weighted by Gasteiger charge is -2.18. The van der Waals surface area contributed by atoms with Crippen LogP contribution in [0, 0.1) is 6.92 Å². The van der Waals surface area contributed by atoms with Gasteiger partial charge in [-0.3, -0.25) is 9.69 Å². The standard InChI is InChI=1S/C25H20N2O3S/c1-17-7-10-19(11-8-17)26-25-27(20-5-3-2-4-6-20)24(28)23(31-25)16-18-9-12-21-22(15-18)30-14-13-29-21/h2-12,15-16H,13-14H2,1H3/b23-16-,26-25-. The minimum absolute atomic E-state index is 0.100. The first kappa shape index (κ1) is 19.5. The number of rotatable bonds is 3. The van der Waals surface area contributed by atoms with Crippen molar-refractivity contribution in [3.05, 3.63) is 88.8 Å². The van der Waals surface area contributed by atoms with Gasteiger partial charge in [0.05, 0.1) is 16.3 Å². The number of ether oxygens (including phenoxy) is 2. The van der Waals surface area contributed by atoms with E-state index >= 15 is 0 Å². The molecule has 0 bridgehead atoms. The van der Waals surface area contributed by atoms with Crippen molar-refractivity contribution in [3.63, 3.8) is 0 Å². The third-order valence-corrected chi connectivity index (χ3v) is 5.91. The molecule has 3 aromatic carbocycles. The van der Waals surface area contributed by atoms with Crippen molar-refractivity contribution in [1.29, 1.82) is 0 Å². The number of carbonyl (C=O) groups excluding carboxylic acids is 1. The lowest BCUT2D eigenvalue weighted by atomic mass is 10.1. The number of anilines is 1. The predicted octanol–water partition coefficient (Wildman–Crippen LogP) is 5.57. The number of amidine groups is 1. The Morgan fingerprint density at radius 1 is 0.935 bits per heavy atom. The second-order valence-electron chi connectivity index (χ2n) is 7.22. The number of hydrogen-bond donors (Lipinski definition) is 0. The van der Waals surface area contributed by atoms with Crippen LogP contribution >= 0.6 is 11.8 Å². The summed E-state index contributed by atoms with van der Waals surface area (Å²) in [5.41, 5.74) is 3.64. The molecule has 0 atom stereocenters. The molecule has 3 aromatic rings. The Kier molecular flexibility index (Phi) is 5.22. The van der Waals surface area contributed by atoms with Crippen LogP contribution in [0.15, 0.2) is 82.7 Å². The molecule has 0 spiro atoms. The number of aryl methyl sites for hydroxylation is 1. The summed E-state index contributed by atoms with van der Waals surface area (Å²) < 4.78 is 11.3. The Bertz CT molecular complexity index is 1190. The van der Waals surface area contributed by atoms with Gasteiger partial charge in [-0.1, -0.05) is 42.0 Å². The second kappa shape index (κ2) is 8.32. The monoisotopic (exact) mass is 428 g/mol. The summed E-state index contributed by atoms with van der Waals surface area (Å²) in [4.78, 5) is 20.4. The van der Waals surface area contributed by atoms with E-state index in [1.807, 2.05) is 85.8 Å². The van der Waals surface area contributed by atoms with Crippen molar-refractivity contribution in [2.75, 3.05) is 18.1 Å². The maximum atomic E-state index is 13.4. The zero-order valence-electron chi connectivity index (χ0n) is 16.9. The minimum atomic E-state index is -0.100. The van der Waals surface area contributed by atoms with Gasteiger partial charge in [-0.25, -0.2) is 4.99 Å². The topological polar surface area (TPSA) is 51.1 Å². The fourth-order valence-corrected chi connectivity index (χ4v) is 4.39. The number of benzene rings is 3. The van der Waals surface area contributed by atoms with Crippen LogP contribution in [0.2, 0.25) is 0 Å². The van der Waals surface area contributed by atoms with Crippen LogP contribution in [0.4, 0.5) is 11.4 Å². The number of fused-ring (bicyclic) bond motifs is 1. The molecule has 5 rings (SSSR count). The van der Waals surface area contributed by atoms with E-state index in [4.69, 9.17) is 14.5 Å². The van der Waals surface area contributed by atoms with Gasteiger partial charge in [0.15, 0.2) is 16.7 Å². The molecule has 0 aromatic heterocycles. The maximum absolute atomic E-state index is 13.4. The molecule has 0 saturated carbocycles. The lowest BCUT2D eigenvalue weighted by Crippen LogP contribution is -2.28. The number of hydrogen-bond acceptors (Lipinski definition) is 5. The summed E-state index contributed by atoms with van der Waals surface area (Å²) in [7, 11) is 0. The van der Waals surface area contributed by atoms with Gasteiger partial charge in [-0.15, -0.1) is 0 Å². The molecule has 1 saturated heterocycles. The Labute approximate surface area is 185 Å². The lowest BCUT2D eigenvalue weighted by molar-refractivity contribution is -0.113. The number of amides is 1. The summed E-state index contributed by atoms with van der Waals surface area (Å²) >= 11 is 1.37. The molecule has 1 fully saturated rings. The number of thioether (sulfide) groups is 1. The van der Waals surface area contributed by atoms with Gasteiger partial charge in [0, 0.05) is 0 Å². The highest BCUT2D eigenvalue weighted by atomic mass is 32.2. The number of aliphatic imine (C=N–C) groups is 1. The highest BCUT2D eigenvalue weighted by Crippen LogP contribution is 2.38. The van der Waals surface area contributed by atoms with Gasteiger partial charge in [0.1, 0.15) is 13.2 Å². The molecule has 0 unspecified atom stereocenters. The molecule has 6 heteroatoms. The molecule has 154 valence electrons. The first-order valence-electron chi connectivity index (χ1n) is 10.0. The molecular formula is C25H20N2O3S. The molecule has 1 amide bonds. The Morgan fingerprint density at radius 3 is 2.45 bits per heavy atom. The zero-order valence-corrected chi connectivity index (χ0v) is 17.8. The van der Waals surface area contributed by atoms with E-state index in [9.17, 15) is 4.79 Å². The largest absolute Gasteiger partial charge is 0.486 e. The summed E-state index contributed by atoms with van der Waals surface area (Å²) in [6.45, 7) is 3.11. The molecule has 31 heavy (non-hydrogen) atoms. The third-order valence-electron chi connectivity index (χ3n) is 4.94. The van der Waals surface area contributed by atoms with E-state index in [1.54, 1.807) is 4.90 Å². The van der Waals surface area contributed by atoms with Crippen LogP contribution in [0.25, 0.3) is 6.08 Å². The quantitative estimate of drug-likeness (QED) is 0.512. The van der Waals surface area contributed by atoms with Crippen LogP contribution in [-0.4, -0.2) is 24.3 Å². The van der Waals surface area contributed by atoms with Crippen LogP contribution in [0.5, 0.6) is 11.5 Å². The Balaban J connectivity index is 1.53. The van der Waals surface area contributed by atoms with Crippen molar-refractivity contribution >= 4 is 40.3 Å². The second-order valence-corrected chi connectivity index (χ2v) is 8.23. The van der Waals surface area contributed by atoms with Crippen LogP contribution in [0.3, 0.4) is 0 Å². The third kappa shape index (κ3) is 4.07. The Morgan fingerprint density at radius 2 is 1.68 bits per heavy atom.